The number of nitrogens with zero attached hydrogens (tertiary/aromatic N) is 12. The summed E-state index contributed by atoms with van der Waals surface area (Å²) in [7, 11) is 6.46. The molecule has 4 saturated heterocycles. The molecule has 0 bridgehead atoms. The third-order valence-electron chi connectivity index (χ3n) is 27.7. The van der Waals surface area contributed by atoms with E-state index in [2.05, 4.69) is 102 Å². The molecular formula is C96H104F12N20O4S4. The number of fused-ring (bicyclic) bond motifs is 4. The number of nitrogens with one attached hydrogen (secondary N) is 8. The lowest BCUT2D eigenvalue weighted by Crippen LogP contribution is -2.27. The van der Waals surface area contributed by atoms with Crippen molar-refractivity contribution in [3.63, 3.8) is 0 Å². The van der Waals surface area contributed by atoms with Crippen LogP contribution < -0.4 is 62.1 Å². The number of hydrogen-bond donors (Lipinski definition) is 8. The molecule has 12 aromatic rings. The summed E-state index contributed by atoms with van der Waals surface area (Å²) < 4.78 is 154. The molecule has 4 aliphatic carbocycles. The summed E-state index contributed by atoms with van der Waals surface area (Å²) in [6.45, 7) is 6.73. The second-order valence-electron chi connectivity index (χ2n) is 37.3. The van der Waals surface area contributed by atoms with E-state index in [-0.39, 0.29) is 64.8 Å². The van der Waals surface area contributed by atoms with Gasteiger partial charge in [0.25, 0.3) is 23.6 Å². The van der Waals surface area contributed by atoms with Crippen molar-refractivity contribution in [2.24, 2.45) is 21.7 Å². The Kier molecular flexibility index (Phi) is 28.0. The van der Waals surface area contributed by atoms with Gasteiger partial charge in [0.1, 0.15) is 67.9 Å². The molecule has 8 atom stereocenters. The van der Waals surface area contributed by atoms with Crippen molar-refractivity contribution >= 4 is 156 Å². The summed E-state index contributed by atoms with van der Waals surface area (Å²) in [6, 6.07) is 37.8. The van der Waals surface area contributed by atoms with Crippen LogP contribution in [0.15, 0.2) is 147 Å². The zero-order chi connectivity index (χ0) is 95.7. The van der Waals surface area contributed by atoms with Gasteiger partial charge in [-0.3, -0.25) is 19.2 Å². The lowest BCUT2D eigenvalue weighted by Gasteiger charge is -2.25. The van der Waals surface area contributed by atoms with Gasteiger partial charge < -0.3 is 62.1 Å². The zero-order valence-corrected chi connectivity index (χ0v) is 78.4. The molecule has 8 N–H and O–H groups in total. The van der Waals surface area contributed by atoms with E-state index < -0.39 is 50.4 Å². The molecule has 20 rings (SSSR count). The van der Waals surface area contributed by atoms with Gasteiger partial charge in [-0.05, 0) is 246 Å². The minimum Gasteiger partial charge on any atom is -0.382 e. The summed E-state index contributed by atoms with van der Waals surface area (Å²) in [6.07, 6.45) is 1.96. The molecule has 4 spiro atoms. The second-order valence-corrected chi connectivity index (χ2v) is 41.8. The molecule has 8 aliphatic rings. The van der Waals surface area contributed by atoms with Crippen LogP contribution in [0.3, 0.4) is 0 Å². The fourth-order valence-electron chi connectivity index (χ4n) is 21.4. The fraction of sp³-hybridized carbons (Fsp3) is 0.458. The highest BCUT2D eigenvalue weighted by Gasteiger charge is 2.50. The summed E-state index contributed by atoms with van der Waals surface area (Å²) in [5.41, 5.74) is 7.18. The van der Waals surface area contributed by atoms with Crippen LogP contribution in [0.5, 0.6) is 0 Å². The topological polar surface area (TPSA) is 281 Å². The highest BCUT2D eigenvalue weighted by atomic mass is 32.1. The quantitative estimate of drug-likeness (QED) is 0.0329. The maximum Gasteiger partial charge on any atom is 0.393 e. The van der Waals surface area contributed by atoms with Crippen LogP contribution in [0.2, 0.25) is 0 Å². The molecule has 40 heteroatoms. The standard InChI is InChI=1S/4C24H26F3N5OS/c4*1-28-21(33)15-2-4-16(5-3-15)31-17-6-7-23(11-17)8-9-32(13-23)20-19-10-18(12-24(25,26)27)34-22(19)30-14-29-20/h4*2-5,10,14,17,31H,6-9,11-13H2,1H3,(H,28,33)/t2*17-,23+;2*17-,23-/m1010/s1. The number of thiophene rings is 4. The summed E-state index contributed by atoms with van der Waals surface area (Å²) >= 11 is 4.38. The average molecular weight is 1960 g/mol. The third-order valence-corrected chi connectivity index (χ3v) is 31.8. The molecule has 12 heterocycles. The van der Waals surface area contributed by atoms with Crippen LogP contribution in [-0.2, 0) is 25.7 Å². The zero-order valence-electron chi connectivity index (χ0n) is 75.1. The Hall–Kier alpha value is -11.5. The van der Waals surface area contributed by atoms with Crippen molar-refractivity contribution < 1.29 is 71.9 Å². The Morgan fingerprint density at radius 3 is 0.691 bits per heavy atom. The van der Waals surface area contributed by atoms with Gasteiger partial charge in [-0.1, -0.05) is 0 Å². The van der Waals surface area contributed by atoms with Crippen LogP contribution >= 0.6 is 45.3 Å². The van der Waals surface area contributed by atoms with Crippen molar-refractivity contribution in [3.05, 3.63) is 188 Å². The number of carbonyl (C=O) groups is 4. The van der Waals surface area contributed by atoms with E-state index in [9.17, 15) is 71.9 Å². The minimum atomic E-state index is -4.24. The summed E-state index contributed by atoms with van der Waals surface area (Å²) in [5, 5.41) is 27.8. The largest absolute Gasteiger partial charge is 0.393 e. The molecule has 8 aromatic heterocycles. The number of carbonyl (C=O) groups excluding carboxylic acids is 4. The summed E-state index contributed by atoms with van der Waals surface area (Å²) in [5.74, 6) is 2.56. The van der Waals surface area contributed by atoms with Crippen molar-refractivity contribution in [2.45, 2.75) is 177 Å². The first-order chi connectivity index (χ1) is 64.9. The van der Waals surface area contributed by atoms with Gasteiger partial charge in [0.05, 0.1) is 47.2 Å². The van der Waals surface area contributed by atoms with E-state index >= 15 is 0 Å². The molecule has 4 aliphatic heterocycles. The number of amides is 4. The number of anilines is 8. The molecular weight excluding hydrogens is 1850 g/mol. The number of benzene rings is 4. The van der Waals surface area contributed by atoms with Crippen LogP contribution in [-0.4, -0.2) is 193 Å². The Morgan fingerprint density at radius 1 is 0.309 bits per heavy atom. The minimum absolute atomic E-state index is 0.104. The Balaban J connectivity index is 0.000000126. The van der Waals surface area contributed by atoms with Crippen molar-refractivity contribution in [1.29, 1.82) is 0 Å². The number of aromatic nitrogens is 8. The average Bonchev–Trinajstić information content (AvgIpc) is 1.63. The van der Waals surface area contributed by atoms with Gasteiger partial charge in [-0.25, -0.2) is 39.9 Å². The van der Waals surface area contributed by atoms with E-state index in [1.165, 1.54) is 25.3 Å². The smallest absolute Gasteiger partial charge is 0.382 e. The first-order valence-corrected chi connectivity index (χ1v) is 48.8. The number of rotatable bonds is 20. The van der Waals surface area contributed by atoms with Gasteiger partial charge in [-0.2, -0.15) is 52.7 Å². The van der Waals surface area contributed by atoms with E-state index in [1.807, 2.05) is 97.1 Å². The van der Waals surface area contributed by atoms with Crippen LogP contribution in [0.4, 0.5) is 98.7 Å². The second kappa shape index (κ2) is 39.5. The molecule has 136 heavy (non-hydrogen) atoms. The van der Waals surface area contributed by atoms with Crippen LogP contribution in [0, 0.1) is 21.7 Å². The fourth-order valence-corrected chi connectivity index (χ4v) is 25.5. The molecule has 0 radical (unpaired) electrons. The first kappa shape index (κ1) is 96.2. The lowest BCUT2D eigenvalue weighted by atomic mass is 9.85. The van der Waals surface area contributed by atoms with E-state index in [0.717, 1.165) is 246 Å². The van der Waals surface area contributed by atoms with Crippen LogP contribution in [0.1, 0.15) is 164 Å². The molecule has 0 unspecified atom stereocenters. The number of alkyl halides is 12. The Bertz CT molecular complexity index is 5530. The maximum absolute atomic E-state index is 12.9. The molecule has 8 fully saturated rings. The first-order valence-electron chi connectivity index (χ1n) is 45.5. The molecule has 4 aromatic carbocycles. The molecule has 24 nitrogen and oxygen atoms in total. The van der Waals surface area contributed by atoms with Gasteiger partial charge >= 0.3 is 24.7 Å². The van der Waals surface area contributed by atoms with Crippen molar-refractivity contribution in [3.8, 4) is 0 Å². The predicted molar refractivity (Wildman–Crippen MR) is 510 cm³/mol. The van der Waals surface area contributed by atoms with E-state index in [0.29, 0.717) is 87.3 Å². The monoisotopic (exact) mass is 1960 g/mol. The van der Waals surface area contributed by atoms with Gasteiger partial charge in [0.15, 0.2) is 0 Å². The number of halogens is 12. The third kappa shape index (κ3) is 23.0. The molecule has 720 valence electrons. The van der Waals surface area contributed by atoms with Gasteiger partial charge in [-0.15, -0.1) is 45.3 Å². The van der Waals surface area contributed by atoms with Gasteiger partial charge in [0.2, 0.25) is 0 Å². The maximum atomic E-state index is 12.9. The molecule has 4 saturated carbocycles. The predicted octanol–water partition coefficient (Wildman–Crippen LogP) is 20.1. The molecule has 4 amide bonds. The Labute approximate surface area is 792 Å². The highest BCUT2D eigenvalue weighted by Crippen LogP contribution is 2.54. The lowest BCUT2D eigenvalue weighted by molar-refractivity contribution is -0.127. The number of hydrogen-bond acceptors (Lipinski definition) is 24. The Morgan fingerprint density at radius 2 is 0.507 bits per heavy atom. The SMILES string of the molecule is CNC(=O)c1ccc(N[C@@H]2CC[C@@]3(CCN(c4ncnc5sc(CC(F)(F)F)cc45)C3)C2)cc1.CNC(=O)c1ccc(N[C@@H]2CC[C@]3(CCN(c4ncnc5sc(CC(F)(F)F)cc45)C3)C2)cc1.CNC(=O)c1ccc(N[C@H]2CC[C@@]3(CCN(c4ncnc5sc(CC(F)(F)F)cc45)C3)C2)cc1.CNC(=O)c1ccc(N[C@H]2CC[C@]3(CCN(c4ncnc5sc(CC(F)(F)F)cc45)C3)C2)cc1. The van der Waals surface area contributed by atoms with Gasteiger partial charge in [0, 0.05) is 169 Å². The summed E-state index contributed by atoms with van der Waals surface area (Å²) in [4.78, 5) is 94.0. The van der Waals surface area contributed by atoms with Crippen molar-refractivity contribution in [2.75, 3.05) is 121 Å². The van der Waals surface area contributed by atoms with E-state index in [4.69, 9.17) is 0 Å². The normalized spacial score (nSPS) is 22.6. The van der Waals surface area contributed by atoms with Crippen LogP contribution in [0.25, 0.3) is 40.9 Å². The van der Waals surface area contributed by atoms with Crippen molar-refractivity contribution in [1.82, 2.24) is 61.1 Å². The van der Waals surface area contributed by atoms with E-state index in [1.54, 1.807) is 52.5 Å². The highest BCUT2D eigenvalue weighted by molar-refractivity contribution is 7.19.